The lowest BCUT2D eigenvalue weighted by Gasteiger charge is -2.15. The summed E-state index contributed by atoms with van der Waals surface area (Å²) in [5.74, 6) is -0.654. The molecule has 0 heterocycles. The fourth-order valence-electron chi connectivity index (χ4n) is 1.15. The first-order valence-corrected chi connectivity index (χ1v) is 4.90. The average Bonchev–Trinajstić information content (AvgIpc) is 2.12. The van der Waals surface area contributed by atoms with Crippen molar-refractivity contribution in [3.8, 4) is 0 Å². The van der Waals surface area contributed by atoms with E-state index in [4.69, 9.17) is 10.8 Å². The lowest BCUT2D eigenvalue weighted by atomic mass is 10.1. The Morgan fingerprint density at radius 3 is 2.40 bits per heavy atom. The summed E-state index contributed by atoms with van der Waals surface area (Å²) in [4.78, 5) is 21.9. The molecule has 6 nitrogen and oxygen atoms in total. The van der Waals surface area contributed by atoms with Gasteiger partial charge in [0.2, 0.25) is 11.8 Å². The minimum Gasteiger partial charge on any atom is -0.393 e. The Labute approximate surface area is 89.2 Å². The zero-order valence-corrected chi connectivity index (χ0v) is 9.12. The van der Waals surface area contributed by atoms with Crippen molar-refractivity contribution in [1.82, 2.24) is 10.6 Å². The molecule has 15 heavy (non-hydrogen) atoms. The molecule has 88 valence electrons. The van der Waals surface area contributed by atoms with Crippen LogP contribution in [0, 0.1) is 0 Å². The maximum atomic E-state index is 11.2. The highest BCUT2D eigenvalue weighted by Gasteiger charge is 2.10. The highest BCUT2D eigenvalue weighted by atomic mass is 16.3. The van der Waals surface area contributed by atoms with Gasteiger partial charge >= 0.3 is 0 Å². The van der Waals surface area contributed by atoms with Crippen LogP contribution in [0.3, 0.4) is 0 Å². The molecule has 2 atom stereocenters. The molecule has 0 rings (SSSR count). The number of aliphatic hydroxyl groups excluding tert-OH is 1. The van der Waals surface area contributed by atoms with E-state index in [1.165, 1.54) is 0 Å². The van der Waals surface area contributed by atoms with Gasteiger partial charge < -0.3 is 21.5 Å². The normalized spacial score (nSPS) is 14.1. The molecule has 0 aromatic carbocycles. The fraction of sp³-hybridized carbons (Fsp3) is 0.778. The standard InChI is InChI=1S/C9H19N3O3/c1-6(3-7(2)13)12-9(15)5-11-8(14)4-10/h6-7,13H,3-5,10H2,1-2H3,(H,11,14)(H,12,15). The number of hydrogen-bond donors (Lipinski definition) is 4. The van der Waals surface area contributed by atoms with Crippen LogP contribution in [0.4, 0.5) is 0 Å². The van der Waals surface area contributed by atoms with Crippen LogP contribution in [-0.4, -0.2) is 42.2 Å². The van der Waals surface area contributed by atoms with Crippen LogP contribution < -0.4 is 16.4 Å². The molecule has 0 aliphatic rings. The van der Waals surface area contributed by atoms with E-state index in [9.17, 15) is 9.59 Å². The lowest BCUT2D eigenvalue weighted by molar-refractivity contribution is -0.125. The molecule has 0 aromatic heterocycles. The Morgan fingerprint density at radius 2 is 1.93 bits per heavy atom. The van der Waals surface area contributed by atoms with Crippen molar-refractivity contribution in [2.75, 3.05) is 13.1 Å². The van der Waals surface area contributed by atoms with E-state index in [0.717, 1.165) is 0 Å². The molecule has 2 unspecified atom stereocenters. The van der Waals surface area contributed by atoms with Crippen molar-refractivity contribution < 1.29 is 14.7 Å². The zero-order chi connectivity index (χ0) is 11.8. The van der Waals surface area contributed by atoms with Crippen LogP contribution in [0.25, 0.3) is 0 Å². The smallest absolute Gasteiger partial charge is 0.239 e. The first kappa shape index (κ1) is 13.9. The van der Waals surface area contributed by atoms with E-state index in [0.29, 0.717) is 6.42 Å². The number of carbonyl (C=O) groups excluding carboxylic acids is 2. The van der Waals surface area contributed by atoms with E-state index >= 15 is 0 Å². The molecule has 0 fully saturated rings. The number of amides is 2. The van der Waals surface area contributed by atoms with Gasteiger partial charge in [0.25, 0.3) is 0 Å². The summed E-state index contributed by atoms with van der Waals surface area (Å²) in [7, 11) is 0. The Hall–Kier alpha value is -1.14. The van der Waals surface area contributed by atoms with Crippen LogP contribution in [0.5, 0.6) is 0 Å². The van der Waals surface area contributed by atoms with Gasteiger partial charge in [-0.1, -0.05) is 0 Å². The second kappa shape index (κ2) is 7.19. The van der Waals surface area contributed by atoms with Crippen LogP contribution >= 0.6 is 0 Å². The van der Waals surface area contributed by atoms with Crippen molar-refractivity contribution in [2.24, 2.45) is 5.73 Å². The summed E-state index contributed by atoms with van der Waals surface area (Å²) in [6.45, 7) is 3.23. The summed E-state index contributed by atoms with van der Waals surface area (Å²) < 4.78 is 0. The summed E-state index contributed by atoms with van der Waals surface area (Å²) in [5.41, 5.74) is 5.05. The number of carbonyl (C=O) groups is 2. The van der Waals surface area contributed by atoms with E-state index < -0.39 is 6.10 Å². The molecule has 6 heteroatoms. The van der Waals surface area contributed by atoms with Crippen molar-refractivity contribution in [2.45, 2.75) is 32.4 Å². The largest absolute Gasteiger partial charge is 0.393 e. The molecule has 5 N–H and O–H groups in total. The topological polar surface area (TPSA) is 104 Å². The van der Waals surface area contributed by atoms with Crippen molar-refractivity contribution >= 4 is 11.8 Å². The average molecular weight is 217 g/mol. The second-order valence-corrected chi connectivity index (χ2v) is 3.53. The van der Waals surface area contributed by atoms with Gasteiger partial charge in [-0.05, 0) is 20.3 Å². The highest BCUT2D eigenvalue weighted by molar-refractivity contribution is 5.85. The van der Waals surface area contributed by atoms with Gasteiger partial charge in [0.05, 0.1) is 19.2 Å². The molecule has 0 aromatic rings. The molecule has 0 spiro atoms. The van der Waals surface area contributed by atoms with E-state index in [-0.39, 0.29) is 30.9 Å². The van der Waals surface area contributed by atoms with Gasteiger partial charge in [0.1, 0.15) is 0 Å². The summed E-state index contributed by atoms with van der Waals surface area (Å²) in [6, 6.07) is -0.118. The van der Waals surface area contributed by atoms with Gasteiger partial charge in [-0.3, -0.25) is 9.59 Å². The zero-order valence-electron chi connectivity index (χ0n) is 9.12. The van der Waals surface area contributed by atoms with E-state index in [1.54, 1.807) is 13.8 Å². The minimum atomic E-state index is -0.459. The van der Waals surface area contributed by atoms with Crippen LogP contribution in [-0.2, 0) is 9.59 Å². The summed E-state index contributed by atoms with van der Waals surface area (Å²) >= 11 is 0. The molecule has 0 saturated carbocycles. The van der Waals surface area contributed by atoms with E-state index in [2.05, 4.69) is 10.6 Å². The van der Waals surface area contributed by atoms with E-state index in [1.807, 2.05) is 0 Å². The molecule has 0 radical (unpaired) electrons. The summed E-state index contributed by atoms with van der Waals surface area (Å²) in [5, 5.41) is 14.0. The Morgan fingerprint density at radius 1 is 1.33 bits per heavy atom. The number of nitrogens with one attached hydrogen (secondary N) is 2. The monoisotopic (exact) mass is 217 g/mol. The predicted molar refractivity (Wildman–Crippen MR) is 56.0 cm³/mol. The molecule has 2 amide bonds. The van der Waals surface area contributed by atoms with Crippen molar-refractivity contribution in [3.63, 3.8) is 0 Å². The van der Waals surface area contributed by atoms with Gasteiger partial charge in [-0.25, -0.2) is 0 Å². The predicted octanol–water partition coefficient (Wildman–Crippen LogP) is -1.66. The molecular formula is C9H19N3O3. The molecule has 0 saturated heterocycles. The SMILES string of the molecule is CC(O)CC(C)NC(=O)CNC(=O)CN. The second-order valence-electron chi connectivity index (χ2n) is 3.53. The minimum absolute atomic E-state index is 0.0832. The van der Waals surface area contributed by atoms with Gasteiger partial charge in [-0.2, -0.15) is 0 Å². The Balaban J connectivity index is 3.69. The van der Waals surface area contributed by atoms with Gasteiger partial charge in [0.15, 0.2) is 0 Å². The first-order chi connectivity index (χ1) is 6.95. The van der Waals surface area contributed by atoms with Gasteiger partial charge in [0, 0.05) is 6.04 Å². The molecule has 0 aliphatic carbocycles. The van der Waals surface area contributed by atoms with Crippen LogP contribution in [0.2, 0.25) is 0 Å². The summed E-state index contributed by atoms with van der Waals surface area (Å²) in [6.07, 6.45) is 0.0234. The van der Waals surface area contributed by atoms with Crippen molar-refractivity contribution in [3.05, 3.63) is 0 Å². The third-order valence-electron chi connectivity index (χ3n) is 1.73. The molecule has 0 bridgehead atoms. The fourth-order valence-corrected chi connectivity index (χ4v) is 1.15. The first-order valence-electron chi connectivity index (χ1n) is 4.90. The molecule has 0 aliphatic heterocycles. The number of aliphatic hydroxyl groups is 1. The maximum Gasteiger partial charge on any atom is 0.239 e. The van der Waals surface area contributed by atoms with Gasteiger partial charge in [-0.15, -0.1) is 0 Å². The number of hydrogen-bond acceptors (Lipinski definition) is 4. The van der Waals surface area contributed by atoms with Crippen LogP contribution in [0.1, 0.15) is 20.3 Å². The Kier molecular flexibility index (Phi) is 6.64. The lowest BCUT2D eigenvalue weighted by Crippen LogP contribution is -2.43. The van der Waals surface area contributed by atoms with Crippen LogP contribution in [0.15, 0.2) is 0 Å². The molecular weight excluding hydrogens is 198 g/mol. The highest BCUT2D eigenvalue weighted by Crippen LogP contribution is 1.95. The maximum absolute atomic E-state index is 11.2. The Bertz CT molecular complexity index is 219. The third-order valence-corrected chi connectivity index (χ3v) is 1.73. The third kappa shape index (κ3) is 7.90. The van der Waals surface area contributed by atoms with Crippen molar-refractivity contribution in [1.29, 1.82) is 0 Å². The number of nitrogens with two attached hydrogens (primary N) is 1. The quantitative estimate of drug-likeness (QED) is 0.427. The number of rotatable bonds is 6.